The lowest BCUT2D eigenvalue weighted by molar-refractivity contribution is -0.384. The quantitative estimate of drug-likeness (QED) is 0.270. The highest BCUT2D eigenvalue weighted by atomic mass is 16.6. The molecule has 164 valence electrons. The molecule has 0 bridgehead atoms. The van der Waals surface area contributed by atoms with Gasteiger partial charge < -0.3 is 19.9 Å². The molecule has 33 heavy (non-hydrogen) atoms. The van der Waals surface area contributed by atoms with Crippen molar-refractivity contribution in [1.29, 1.82) is 5.26 Å². The van der Waals surface area contributed by atoms with Crippen LogP contribution < -0.4 is 19.9 Å². The van der Waals surface area contributed by atoms with E-state index in [0.29, 0.717) is 17.1 Å². The first-order valence-corrected chi connectivity index (χ1v) is 9.73. The number of nitro benzene ring substituents is 1. The van der Waals surface area contributed by atoms with Gasteiger partial charge in [-0.25, -0.2) is 4.79 Å². The minimum atomic E-state index is -0.689. The highest BCUT2D eigenvalue weighted by Crippen LogP contribution is 2.44. The number of nitrogens with zero attached hydrogens (tertiary/aromatic N) is 2. The van der Waals surface area contributed by atoms with Crippen molar-refractivity contribution in [2.45, 2.75) is 5.92 Å². The third-order valence-corrected chi connectivity index (χ3v) is 5.14. The van der Waals surface area contributed by atoms with E-state index in [4.69, 9.17) is 19.9 Å². The van der Waals surface area contributed by atoms with Crippen LogP contribution in [0.25, 0.3) is 0 Å². The molecule has 2 N–H and O–H groups in total. The number of nitrogens with two attached hydrogens (primary N) is 1. The zero-order chi connectivity index (χ0) is 23.5. The normalized spacial score (nSPS) is 14.5. The van der Waals surface area contributed by atoms with Crippen LogP contribution in [0.5, 0.6) is 17.2 Å². The van der Waals surface area contributed by atoms with Crippen molar-refractivity contribution in [2.24, 2.45) is 5.73 Å². The summed E-state index contributed by atoms with van der Waals surface area (Å²) in [5.74, 6) is -0.0655. The maximum atomic E-state index is 12.5. The molecule has 0 amide bonds. The van der Waals surface area contributed by atoms with E-state index >= 15 is 0 Å². The van der Waals surface area contributed by atoms with Crippen LogP contribution in [0.4, 0.5) is 5.69 Å². The van der Waals surface area contributed by atoms with Crippen molar-refractivity contribution < 1.29 is 23.9 Å². The Morgan fingerprint density at radius 3 is 2.55 bits per heavy atom. The van der Waals surface area contributed by atoms with Gasteiger partial charge >= 0.3 is 5.97 Å². The number of rotatable bonds is 5. The van der Waals surface area contributed by atoms with Crippen LogP contribution in [0.1, 0.15) is 27.4 Å². The lowest BCUT2D eigenvalue weighted by Crippen LogP contribution is -2.21. The highest BCUT2D eigenvalue weighted by molar-refractivity contribution is 5.91. The van der Waals surface area contributed by atoms with Crippen LogP contribution in [0, 0.1) is 21.4 Å². The van der Waals surface area contributed by atoms with Gasteiger partial charge in [-0.05, 0) is 35.9 Å². The number of carbonyl (C=O) groups is 1. The summed E-state index contributed by atoms with van der Waals surface area (Å²) in [5, 5.41) is 20.5. The van der Waals surface area contributed by atoms with E-state index in [1.165, 1.54) is 30.3 Å². The van der Waals surface area contributed by atoms with Crippen molar-refractivity contribution in [1.82, 2.24) is 0 Å². The molecule has 1 heterocycles. The Labute approximate surface area is 188 Å². The molecule has 0 saturated carbocycles. The second-order valence-corrected chi connectivity index (χ2v) is 7.09. The summed E-state index contributed by atoms with van der Waals surface area (Å²) in [5.41, 5.74) is 7.76. The number of fused-ring (bicyclic) bond motifs is 1. The number of non-ortho nitro benzene ring substituents is 1. The Kier molecular flexibility index (Phi) is 5.66. The second kappa shape index (κ2) is 8.72. The van der Waals surface area contributed by atoms with Crippen molar-refractivity contribution in [2.75, 3.05) is 7.11 Å². The predicted molar refractivity (Wildman–Crippen MR) is 117 cm³/mol. The van der Waals surface area contributed by atoms with E-state index in [0.717, 1.165) is 5.56 Å². The van der Waals surface area contributed by atoms with Gasteiger partial charge in [0, 0.05) is 23.8 Å². The van der Waals surface area contributed by atoms with Crippen LogP contribution in [-0.4, -0.2) is 18.0 Å². The molecule has 0 fully saturated rings. The number of hydrogen-bond donors (Lipinski definition) is 1. The molecule has 0 spiro atoms. The molecule has 0 saturated heterocycles. The number of nitro groups is 1. The van der Waals surface area contributed by atoms with Crippen LogP contribution in [-0.2, 0) is 0 Å². The lowest BCUT2D eigenvalue weighted by atomic mass is 9.83. The number of allylic oxidation sites excluding steroid dienone is 1. The smallest absolute Gasteiger partial charge is 0.343 e. The van der Waals surface area contributed by atoms with Gasteiger partial charge in [-0.3, -0.25) is 10.1 Å². The Hall–Kier alpha value is -4.84. The van der Waals surface area contributed by atoms with Crippen molar-refractivity contribution in [3.63, 3.8) is 0 Å². The summed E-state index contributed by atoms with van der Waals surface area (Å²) >= 11 is 0. The minimum absolute atomic E-state index is 0.0448. The molecule has 9 nitrogen and oxygen atoms in total. The van der Waals surface area contributed by atoms with Gasteiger partial charge in [0.1, 0.15) is 28.9 Å². The largest absolute Gasteiger partial charge is 0.497 e. The van der Waals surface area contributed by atoms with Crippen LogP contribution in [0.3, 0.4) is 0 Å². The molecule has 1 aliphatic rings. The number of methoxy groups -OCH3 is 1. The van der Waals surface area contributed by atoms with E-state index in [2.05, 4.69) is 6.07 Å². The Balaban J connectivity index is 1.65. The fraction of sp³-hybridized carbons (Fsp3) is 0.0833. The predicted octanol–water partition coefficient (Wildman–Crippen LogP) is 4.04. The summed E-state index contributed by atoms with van der Waals surface area (Å²) < 4.78 is 16.4. The summed E-state index contributed by atoms with van der Waals surface area (Å²) in [7, 11) is 1.55. The van der Waals surface area contributed by atoms with E-state index in [9.17, 15) is 20.2 Å². The van der Waals surface area contributed by atoms with Crippen molar-refractivity contribution in [3.05, 3.63) is 105 Å². The lowest BCUT2D eigenvalue weighted by Gasteiger charge is -2.27. The first-order chi connectivity index (χ1) is 15.9. The zero-order valence-corrected chi connectivity index (χ0v) is 17.3. The summed E-state index contributed by atoms with van der Waals surface area (Å²) in [6, 6.07) is 19.2. The topological polar surface area (TPSA) is 138 Å². The molecule has 1 unspecified atom stereocenters. The average molecular weight is 443 g/mol. The molecule has 1 aliphatic heterocycles. The van der Waals surface area contributed by atoms with E-state index in [1.807, 2.05) is 18.2 Å². The van der Waals surface area contributed by atoms with Gasteiger partial charge in [0.2, 0.25) is 5.88 Å². The minimum Gasteiger partial charge on any atom is -0.497 e. The van der Waals surface area contributed by atoms with Crippen molar-refractivity contribution >= 4 is 11.7 Å². The van der Waals surface area contributed by atoms with E-state index < -0.39 is 16.8 Å². The van der Waals surface area contributed by atoms with Gasteiger partial charge in [0.05, 0.1) is 23.5 Å². The molecule has 0 aromatic heterocycles. The molecule has 1 atom stereocenters. The Morgan fingerprint density at radius 2 is 1.88 bits per heavy atom. The van der Waals surface area contributed by atoms with E-state index in [-0.39, 0.29) is 28.5 Å². The number of carbonyl (C=O) groups excluding carboxylic acids is 1. The van der Waals surface area contributed by atoms with Gasteiger partial charge in [0.15, 0.2) is 0 Å². The Bertz CT molecular complexity index is 1320. The van der Waals surface area contributed by atoms with Gasteiger partial charge in [-0.15, -0.1) is 0 Å². The molecule has 9 heteroatoms. The van der Waals surface area contributed by atoms with Gasteiger partial charge in [-0.1, -0.05) is 18.2 Å². The average Bonchev–Trinajstić information content (AvgIpc) is 2.83. The monoisotopic (exact) mass is 443 g/mol. The number of hydrogen-bond acceptors (Lipinski definition) is 8. The second-order valence-electron chi connectivity index (χ2n) is 7.09. The number of nitriles is 1. The number of ether oxygens (including phenoxy) is 3. The van der Waals surface area contributed by atoms with Crippen LogP contribution >= 0.6 is 0 Å². The molecule has 0 radical (unpaired) electrons. The third-order valence-electron chi connectivity index (χ3n) is 5.14. The summed E-state index contributed by atoms with van der Waals surface area (Å²) in [4.78, 5) is 22.7. The molecule has 3 aromatic rings. The van der Waals surface area contributed by atoms with Gasteiger partial charge in [0.25, 0.3) is 5.69 Å². The molecule has 0 aliphatic carbocycles. The first kappa shape index (κ1) is 21.4. The Morgan fingerprint density at radius 1 is 1.12 bits per heavy atom. The molecular formula is C24H17N3O6. The molecule has 4 rings (SSSR count). The number of esters is 1. The standard InChI is InChI=1S/C24H17N3O6/c1-31-17-4-2-3-15(11-17)22-19-10-9-18(12-21(19)33-23(26)20(22)13-25)32-24(28)14-5-7-16(8-6-14)27(29)30/h2-12,22H,26H2,1H3. The molecular weight excluding hydrogens is 426 g/mol. The third kappa shape index (κ3) is 4.18. The fourth-order valence-corrected chi connectivity index (χ4v) is 3.55. The van der Waals surface area contributed by atoms with Crippen LogP contribution in [0.15, 0.2) is 78.2 Å². The SMILES string of the molecule is COc1cccc(C2C(C#N)=C(N)Oc3cc(OC(=O)c4ccc([N+](=O)[O-])cc4)ccc32)c1. The van der Waals surface area contributed by atoms with Gasteiger partial charge in [-0.2, -0.15) is 5.26 Å². The highest BCUT2D eigenvalue weighted by Gasteiger charge is 2.31. The van der Waals surface area contributed by atoms with E-state index in [1.54, 1.807) is 25.3 Å². The zero-order valence-electron chi connectivity index (χ0n) is 17.3. The maximum Gasteiger partial charge on any atom is 0.343 e. The van der Waals surface area contributed by atoms with Crippen molar-refractivity contribution in [3.8, 4) is 23.3 Å². The summed E-state index contributed by atoms with van der Waals surface area (Å²) in [6.45, 7) is 0. The number of benzene rings is 3. The van der Waals surface area contributed by atoms with Crippen LogP contribution in [0.2, 0.25) is 0 Å². The summed E-state index contributed by atoms with van der Waals surface area (Å²) in [6.07, 6.45) is 0. The fourth-order valence-electron chi connectivity index (χ4n) is 3.55. The first-order valence-electron chi connectivity index (χ1n) is 9.73. The molecule has 3 aromatic carbocycles. The maximum absolute atomic E-state index is 12.5.